The number of carbonyl (C=O) groups is 1. The van der Waals surface area contributed by atoms with Gasteiger partial charge in [-0.05, 0) is 30.3 Å². The number of benzene rings is 2. The molecule has 0 aliphatic heterocycles. The first-order chi connectivity index (χ1) is 12.3. The summed E-state index contributed by atoms with van der Waals surface area (Å²) in [5.74, 6) is 0.328. The second-order valence-electron chi connectivity index (χ2n) is 5.48. The van der Waals surface area contributed by atoms with Gasteiger partial charge in [-0.15, -0.1) is 0 Å². The Morgan fingerprint density at radius 1 is 1.31 bits per heavy atom. The minimum absolute atomic E-state index is 0.0660. The number of nitrogens with one attached hydrogen (secondary N) is 2. The second-order valence-corrected chi connectivity index (χ2v) is 7.90. The summed E-state index contributed by atoms with van der Waals surface area (Å²) in [6.45, 7) is 0. The molecule has 0 radical (unpaired) electrons. The number of amides is 2. The van der Waals surface area contributed by atoms with Gasteiger partial charge < -0.3 is 10.1 Å². The van der Waals surface area contributed by atoms with Gasteiger partial charge in [0.2, 0.25) is 0 Å². The summed E-state index contributed by atoms with van der Waals surface area (Å²) >= 11 is 4.26. The number of fused-ring (bicyclic) bond motifs is 1. The Morgan fingerprint density at radius 2 is 2.08 bits per heavy atom. The van der Waals surface area contributed by atoms with Gasteiger partial charge in [-0.2, -0.15) is 5.10 Å². The van der Waals surface area contributed by atoms with Gasteiger partial charge in [0.25, 0.3) is 0 Å². The fourth-order valence-electron chi connectivity index (χ4n) is 2.43. The minimum Gasteiger partial charge on any atom is -0.495 e. The van der Waals surface area contributed by atoms with E-state index in [2.05, 4.69) is 28.3 Å². The van der Waals surface area contributed by atoms with Crippen molar-refractivity contribution < 1.29 is 17.9 Å². The number of ether oxygens (including phenoxy) is 1. The zero-order valence-corrected chi connectivity index (χ0v) is 15.6. The van der Waals surface area contributed by atoms with E-state index < -0.39 is 15.9 Å². The van der Waals surface area contributed by atoms with Crippen molar-refractivity contribution in [2.24, 2.45) is 0 Å². The Bertz CT molecular complexity index is 1080. The molecule has 0 saturated heterocycles. The zero-order valence-electron chi connectivity index (χ0n) is 13.9. The molecule has 0 bridgehead atoms. The van der Waals surface area contributed by atoms with E-state index in [0.29, 0.717) is 11.4 Å². The third kappa shape index (κ3) is 3.46. The molecule has 0 saturated carbocycles. The lowest BCUT2D eigenvalue weighted by Gasteiger charge is -2.18. The minimum atomic E-state index is -3.43. The summed E-state index contributed by atoms with van der Waals surface area (Å²) in [6, 6.07) is 8.95. The molecule has 0 unspecified atom stereocenters. The van der Waals surface area contributed by atoms with Crippen molar-refractivity contribution in [2.75, 3.05) is 23.0 Å². The molecule has 3 aromatic rings. The fraction of sp³-hybridized carbons (Fsp3) is 0.125. The molecular formula is C16H16N4O4S2. The summed E-state index contributed by atoms with van der Waals surface area (Å²) < 4.78 is 29.8. The number of aromatic amines is 1. The molecule has 2 amide bonds. The monoisotopic (exact) mass is 392 g/mol. The van der Waals surface area contributed by atoms with Gasteiger partial charge in [0, 0.05) is 11.6 Å². The van der Waals surface area contributed by atoms with Gasteiger partial charge in [0.1, 0.15) is 5.75 Å². The summed E-state index contributed by atoms with van der Waals surface area (Å²) in [5, 5.41) is 10.1. The van der Waals surface area contributed by atoms with E-state index in [1.54, 1.807) is 18.3 Å². The van der Waals surface area contributed by atoms with Crippen LogP contribution in [0.25, 0.3) is 10.9 Å². The molecule has 2 aromatic carbocycles. The third-order valence-corrected chi connectivity index (χ3v) is 5.23. The molecule has 1 aromatic heterocycles. The average molecular weight is 392 g/mol. The van der Waals surface area contributed by atoms with E-state index in [0.717, 1.165) is 21.5 Å². The summed E-state index contributed by atoms with van der Waals surface area (Å²) in [6.07, 6.45) is 2.68. The number of H-pyrrole nitrogens is 1. The number of sulfone groups is 1. The van der Waals surface area contributed by atoms with Gasteiger partial charge in [-0.1, -0.05) is 18.9 Å². The average Bonchev–Trinajstić information content (AvgIpc) is 3.08. The number of anilines is 2. The number of carbonyl (C=O) groups excluding carboxylic acids is 1. The Balaban J connectivity index is 1.93. The highest BCUT2D eigenvalue weighted by atomic mass is 32.2. The van der Waals surface area contributed by atoms with Crippen LogP contribution in [-0.2, 0) is 9.84 Å². The van der Waals surface area contributed by atoms with Crippen molar-refractivity contribution >= 4 is 51.0 Å². The van der Waals surface area contributed by atoms with E-state index in [1.807, 2.05) is 6.07 Å². The summed E-state index contributed by atoms with van der Waals surface area (Å²) in [7, 11) is -2.01. The highest BCUT2D eigenvalue weighted by Gasteiger charge is 2.19. The second kappa shape index (κ2) is 6.89. The molecule has 0 fully saturated rings. The zero-order chi connectivity index (χ0) is 18.9. The van der Waals surface area contributed by atoms with Crippen LogP contribution in [0.4, 0.5) is 16.2 Å². The molecule has 1 heterocycles. The first-order valence-electron chi connectivity index (χ1n) is 7.41. The Morgan fingerprint density at radius 3 is 2.77 bits per heavy atom. The lowest BCUT2D eigenvalue weighted by molar-refractivity contribution is 0.260. The van der Waals surface area contributed by atoms with Crippen LogP contribution in [-0.4, -0.2) is 38.0 Å². The lowest BCUT2D eigenvalue weighted by atomic mass is 10.2. The van der Waals surface area contributed by atoms with E-state index in [-0.39, 0.29) is 10.6 Å². The molecule has 3 rings (SSSR count). The molecule has 2 N–H and O–H groups in total. The number of methoxy groups -OCH3 is 1. The van der Waals surface area contributed by atoms with Gasteiger partial charge in [0.15, 0.2) is 9.84 Å². The van der Waals surface area contributed by atoms with Gasteiger partial charge in [0.05, 0.1) is 35.1 Å². The Hall–Kier alpha value is -2.72. The molecule has 10 heteroatoms. The van der Waals surface area contributed by atoms with Crippen molar-refractivity contribution in [1.29, 1.82) is 0 Å². The summed E-state index contributed by atoms with van der Waals surface area (Å²) in [5.41, 5.74) is 1.50. The predicted octanol–water partition coefficient (Wildman–Crippen LogP) is 2.86. The van der Waals surface area contributed by atoms with Crippen LogP contribution in [0.2, 0.25) is 0 Å². The van der Waals surface area contributed by atoms with E-state index in [9.17, 15) is 13.2 Å². The lowest BCUT2D eigenvalue weighted by Crippen LogP contribution is -2.27. The molecule has 0 spiro atoms. The number of thiol groups is 1. The Labute approximate surface area is 155 Å². The highest BCUT2D eigenvalue weighted by Crippen LogP contribution is 2.30. The molecule has 0 aliphatic rings. The van der Waals surface area contributed by atoms with Gasteiger partial charge in [-0.25, -0.2) is 17.5 Å². The van der Waals surface area contributed by atoms with Crippen LogP contribution >= 0.6 is 12.8 Å². The summed E-state index contributed by atoms with van der Waals surface area (Å²) in [4.78, 5) is 12.7. The molecule has 136 valence electrons. The maximum Gasteiger partial charge on any atom is 0.336 e. The first kappa shape index (κ1) is 18.1. The topological polar surface area (TPSA) is 104 Å². The molecule has 26 heavy (non-hydrogen) atoms. The van der Waals surface area contributed by atoms with Gasteiger partial charge >= 0.3 is 6.03 Å². The third-order valence-electron chi connectivity index (χ3n) is 3.72. The number of hydrogen-bond donors (Lipinski definition) is 3. The maximum atomic E-state index is 12.6. The highest BCUT2D eigenvalue weighted by molar-refractivity contribution is 7.90. The van der Waals surface area contributed by atoms with E-state index in [1.165, 1.54) is 25.3 Å². The number of nitrogens with zero attached hydrogens (tertiary/aromatic N) is 2. The van der Waals surface area contributed by atoms with Crippen LogP contribution in [0, 0.1) is 0 Å². The molecule has 0 atom stereocenters. The van der Waals surface area contributed by atoms with Crippen LogP contribution in [0.15, 0.2) is 47.5 Å². The molecule has 8 nitrogen and oxygen atoms in total. The SMILES string of the molecule is COc1ccc(S(C)(=O)=O)cc1NC(=O)N(S)c1cccc2[nH]ncc12. The normalized spacial score (nSPS) is 11.3. The van der Waals surface area contributed by atoms with Crippen LogP contribution in [0.5, 0.6) is 5.75 Å². The van der Waals surface area contributed by atoms with Crippen molar-refractivity contribution in [3.8, 4) is 5.75 Å². The molecule has 0 aliphatic carbocycles. The number of rotatable bonds is 4. The van der Waals surface area contributed by atoms with Crippen molar-refractivity contribution in [3.63, 3.8) is 0 Å². The van der Waals surface area contributed by atoms with Gasteiger partial charge in [-0.3, -0.25) is 5.10 Å². The van der Waals surface area contributed by atoms with Crippen molar-refractivity contribution in [1.82, 2.24) is 10.2 Å². The first-order valence-corrected chi connectivity index (χ1v) is 9.70. The fourth-order valence-corrected chi connectivity index (χ4v) is 3.30. The Kier molecular flexibility index (Phi) is 4.79. The van der Waals surface area contributed by atoms with E-state index >= 15 is 0 Å². The largest absolute Gasteiger partial charge is 0.495 e. The predicted molar refractivity (Wildman–Crippen MR) is 103 cm³/mol. The van der Waals surface area contributed by atoms with Crippen molar-refractivity contribution in [3.05, 3.63) is 42.6 Å². The number of aromatic nitrogens is 2. The van der Waals surface area contributed by atoms with Crippen LogP contribution < -0.4 is 14.4 Å². The van der Waals surface area contributed by atoms with Crippen molar-refractivity contribution in [2.45, 2.75) is 4.90 Å². The van der Waals surface area contributed by atoms with E-state index in [4.69, 9.17) is 4.74 Å². The molecular weight excluding hydrogens is 376 g/mol. The van der Waals surface area contributed by atoms with Crippen LogP contribution in [0.3, 0.4) is 0 Å². The quantitative estimate of drug-likeness (QED) is 0.592. The number of urea groups is 1. The van der Waals surface area contributed by atoms with Crippen LogP contribution in [0.1, 0.15) is 0 Å². The number of hydrogen-bond acceptors (Lipinski definition) is 6. The smallest absolute Gasteiger partial charge is 0.336 e. The standard InChI is InChI=1S/C16H16N4O4S2/c1-24-15-7-6-10(26(2,22)23)8-13(15)18-16(21)20(25)14-5-3-4-12-11(14)9-17-19-12/h3-9,25H,1-2H3,(H,17,19)(H,18,21). The maximum absolute atomic E-state index is 12.6.